The molecule has 1 N–H and O–H groups in total. The van der Waals surface area contributed by atoms with Gasteiger partial charge in [-0.3, -0.25) is 9.59 Å². The lowest BCUT2D eigenvalue weighted by atomic mass is 10.2. The Morgan fingerprint density at radius 3 is 2.75 bits per heavy atom. The van der Waals surface area contributed by atoms with Crippen molar-refractivity contribution in [1.82, 2.24) is 9.78 Å². The molecule has 1 saturated carbocycles. The zero-order chi connectivity index (χ0) is 17.3. The van der Waals surface area contributed by atoms with Crippen molar-refractivity contribution in [3.05, 3.63) is 51.4 Å². The van der Waals surface area contributed by atoms with Crippen LogP contribution in [0.3, 0.4) is 0 Å². The molecule has 1 atom stereocenters. The van der Waals surface area contributed by atoms with E-state index in [1.807, 2.05) is 0 Å². The van der Waals surface area contributed by atoms with Gasteiger partial charge in [0.05, 0.1) is 17.8 Å². The first-order valence-electron chi connectivity index (χ1n) is 7.73. The molecule has 6 nitrogen and oxygen atoms in total. The predicted molar refractivity (Wildman–Crippen MR) is 91.8 cm³/mol. The second-order valence-electron chi connectivity index (χ2n) is 5.83. The van der Waals surface area contributed by atoms with E-state index in [-0.39, 0.29) is 11.5 Å². The highest BCUT2D eigenvalue weighted by Crippen LogP contribution is 2.38. The number of methoxy groups -OCH3 is 1. The van der Waals surface area contributed by atoms with E-state index in [2.05, 4.69) is 10.4 Å². The van der Waals surface area contributed by atoms with Crippen molar-refractivity contribution < 1.29 is 9.53 Å². The van der Waals surface area contributed by atoms with Crippen LogP contribution in [0.15, 0.2) is 35.1 Å². The highest BCUT2D eigenvalue weighted by Gasteiger charge is 2.27. The van der Waals surface area contributed by atoms with E-state index in [0.29, 0.717) is 22.4 Å². The number of nitrogens with one attached hydrogen (secondary N) is 1. The summed E-state index contributed by atoms with van der Waals surface area (Å²) in [6.07, 6.45) is 2.16. The highest BCUT2D eigenvalue weighted by molar-refractivity contribution is 6.32. The molecule has 2 aromatic rings. The minimum atomic E-state index is -0.725. The summed E-state index contributed by atoms with van der Waals surface area (Å²) < 4.78 is 6.31. The minimum absolute atomic E-state index is 0.296. The van der Waals surface area contributed by atoms with Crippen molar-refractivity contribution in [2.75, 3.05) is 12.4 Å². The summed E-state index contributed by atoms with van der Waals surface area (Å²) in [5, 5.41) is 7.48. The Morgan fingerprint density at radius 1 is 1.38 bits per heavy atom. The molecule has 24 heavy (non-hydrogen) atoms. The van der Waals surface area contributed by atoms with Crippen LogP contribution in [0, 0.1) is 0 Å². The van der Waals surface area contributed by atoms with E-state index in [1.165, 1.54) is 17.9 Å². The first-order chi connectivity index (χ1) is 11.5. The fourth-order valence-corrected chi connectivity index (χ4v) is 2.67. The molecule has 126 valence electrons. The lowest BCUT2D eigenvalue weighted by molar-refractivity contribution is -0.119. The summed E-state index contributed by atoms with van der Waals surface area (Å²) in [5.41, 5.74) is 1.10. The second kappa shape index (κ2) is 6.65. The van der Waals surface area contributed by atoms with Crippen molar-refractivity contribution in [3.63, 3.8) is 0 Å². The predicted octanol–water partition coefficient (Wildman–Crippen LogP) is 2.98. The molecule has 7 heteroatoms. The lowest BCUT2D eigenvalue weighted by Crippen LogP contribution is -2.33. The number of nitrogens with zero attached hydrogens (tertiary/aromatic N) is 2. The molecule has 0 bridgehead atoms. The van der Waals surface area contributed by atoms with Gasteiger partial charge in [-0.05, 0) is 44.0 Å². The number of halogens is 1. The average Bonchev–Trinajstić information content (AvgIpc) is 3.40. The summed E-state index contributed by atoms with van der Waals surface area (Å²) >= 11 is 6.05. The van der Waals surface area contributed by atoms with Crippen LogP contribution in [0.4, 0.5) is 5.69 Å². The van der Waals surface area contributed by atoms with Crippen LogP contribution in [-0.2, 0) is 4.79 Å². The van der Waals surface area contributed by atoms with E-state index in [4.69, 9.17) is 16.3 Å². The minimum Gasteiger partial charge on any atom is -0.495 e. The molecule has 0 saturated heterocycles. The standard InChI is InChI=1S/C17H18ClN3O3/c1-10(21-16(22)8-6-14(20-21)11-3-4-11)17(23)19-12-5-7-15(24-2)13(18)9-12/h5-11H,3-4H2,1-2H3,(H,19,23). The number of hydrogen-bond donors (Lipinski definition) is 1. The first kappa shape index (κ1) is 16.5. The van der Waals surface area contributed by atoms with Crippen LogP contribution in [-0.4, -0.2) is 22.8 Å². The van der Waals surface area contributed by atoms with Gasteiger partial charge >= 0.3 is 0 Å². The van der Waals surface area contributed by atoms with Crippen molar-refractivity contribution in [1.29, 1.82) is 0 Å². The number of benzene rings is 1. The van der Waals surface area contributed by atoms with Crippen LogP contribution in [0.2, 0.25) is 5.02 Å². The average molecular weight is 348 g/mol. The van der Waals surface area contributed by atoms with Gasteiger partial charge in [-0.2, -0.15) is 5.10 Å². The SMILES string of the molecule is COc1ccc(NC(=O)C(C)n2nc(C3CC3)ccc2=O)cc1Cl. The van der Waals surface area contributed by atoms with E-state index < -0.39 is 6.04 Å². The van der Waals surface area contributed by atoms with Gasteiger partial charge in [-0.1, -0.05) is 11.6 Å². The van der Waals surface area contributed by atoms with Gasteiger partial charge in [-0.25, -0.2) is 4.68 Å². The Hall–Kier alpha value is -2.34. The summed E-state index contributed by atoms with van der Waals surface area (Å²) in [4.78, 5) is 24.5. The fraction of sp³-hybridized carbons (Fsp3) is 0.353. The Balaban J connectivity index is 1.78. The van der Waals surface area contributed by atoms with Gasteiger partial charge in [0.2, 0.25) is 5.91 Å². The van der Waals surface area contributed by atoms with Crippen LogP contribution >= 0.6 is 11.6 Å². The molecule has 1 aliphatic rings. The summed E-state index contributed by atoms with van der Waals surface area (Å²) in [6, 6.07) is 7.44. The summed E-state index contributed by atoms with van der Waals surface area (Å²) in [6.45, 7) is 1.64. The number of carbonyl (C=O) groups is 1. The van der Waals surface area contributed by atoms with Gasteiger partial charge in [-0.15, -0.1) is 0 Å². The highest BCUT2D eigenvalue weighted by atomic mass is 35.5. The zero-order valence-electron chi connectivity index (χ0n) is 13.5. The Kier molecular flexibility index (Phi) is 4.57. The monoisotopic (exact) mass is 347 g/mol. The number of hydrogen-bond acceptors (Lipinski definition) is 4. The molecule has 1 aliphatic carbocycles. The second-order valence-corrected chi connectivity index (χ2v) is 6.24. The molecule has 1 fully saturated rings. The molecule has 1 aromatic heterocycles. The van der Waals surface area contributed by atoms with Crippen LogP contribution in [0.1, 0.15) is 37.4 Å². The number of carbonyl (C=O) groups excluding carboxylic acids is 1. The van der Waals surface area contributed by atoms with E-state index >= 15 is 0 Å². The molecule has 0 radical (unpaired) electrons. The Bertz CT molecular complexity index is 830. The number of rotatable bonds is 5. The largest absolute Gasteiger partial charge is 0.495 e. The van der Waals surface area contributed by atoms with Gasteiger partial charge in [0, 0.05) is 17.7 Å². The Morgan fingerprint density at radius 2 is 2.12 bits per heavy atom. The molecule has 0 aliphatic heterocycles. The van der Waals surface area contributed by atoms with E-state index in [9.17, 15) is 9.59 Å². The number of aromatic nitrogens is 2. The quantitative estimate of drug-likeness (QED) is 0.902. The zero-order valence-corrected chi connectivity index (χ0v) is 14.2. The van der Waals surface area contributed by atoms with E-state index in [1.54, 1.807) is 31.2 Å². The van der Waals surface area contributed by atoms with Crippen molar-refractivity contribution in [2.45, 2.75) is 31.7 Å². The number of amides is 1. The van der Waals surface area contributed by atoms with Crippen LogP contribution in [0.25, 0.3) is 0 Å². The van der Waals surface area contributed by atoms with Crippen molar-refractivity contribution in [3.8, 4) is 5.75 Å². The molecular weight excluding hydrogens is 330 g/mol. The Labute approximate surface area is 144 Å². The number of anilines is 1. The maximum absolute atomic E-state index is 12.4. The van der Waals surface area contributed by atoms with Crippen LogP contribution < -0.4 is 15.6 Å². The third-order valence-corrected chi connectivity index (χ3v) is 4.30. The molecule has 1 unspecified atom stereocenters. The third kappa shape index (κ3) is 3.43. The van der Waals surface area contributed by atoms with Crippen molar-refractivity contribution in [2.24, 2.45) is 0 Å². The number of ether oxygens (including phenoxy) is 1. The molecule has 1 heterocycles. The topological polar surface area (TPSA) is 73.2 Å². The fourth-order valence-electron chi connectivity index (χ4n) is 2.42. The third-order valence-electron chi connectivity index (χ3n) is 4.01. The normalized spacial score (nSPS) is 15.0. The lowest BCUT2D eigenvalue weighted by Gasteiger charge is -2.15. The molecule has 0 spiro atoms. The van der Waals surface area contributed by atoms with Gasteiger partial charge in [0.1, 0.15) is 11.8 Å². The maximum Gasteiger partial charge on any atom is 0.267 e. The first-order valence-corrected chi connectivity index (χ1v) is 8.11. The van der Waals surface area contributed by atoms with Gasteiger partial charge in [0.25, 0.3) is 5.56 Å². The summed E-state index contributed by atoms with van der Waals surface area (Å²) in [7, 11) is 1.52. The summed E-state index contributed by atoms with van der Waals surface area (Å²) in [5.74, 6) is 0.601. The molecular formula is C17H18ClN3O3. The smallest absolute Gasteiger partial charge is 0.267 e. The molecule has 1 amide bonds. The maximum atomic E-state index is 12.4. The van der Waals surface area contributed by atoms with Gasteiger partial charge in [0.15, 0.2) is 0 Å². The van der Waals surface area contributed by atoms with Crippen LogP contribution in [0.5, 0.6) is 5.75 Å². The van der Waals surface area contributed by atoms with Gasteiger partial charge < -0.3 is 10.1 Å². The molecule has 3 rings (SSSR count). The van der Waals surface area contributed by atoms with Crippen molar-refractivity contribution >= 4 is 23.2 Å². The molecule has 1 aromatic carbocycles. The van der Waals surface area contributed by atoms with E-state index in [0.717, 1.165) is 18.5 Å².